The van der Waals surface area contributed by atoms with E-state index in [1.54, 1.807) is 24.3 Å². The van der Waals surface area contributed by atoms with E-state index >= 15 is 0 Å². The van der Waals surface area contributed by atoms with Gasteiger partial charge in [0.2, 0.25) is 11.8 Å². The van der Waals surface area contributed by atoms with Crippen LogP contribution in [0.5, 0.6) is 5.75 Å². The van der Waals surface area contributed by atoms with Crippen LogP contribution in [0.3, 0.4) is 0 Å². The zero-order valence-corrected chi connectivity index (χ0v) is 14.4. The van der Waals surface area contributed by atoms with Crippen LogP contribution in [-0.4, -0.2) is 18.4 Å². The summed E-state index contributed by atoms with van der Waals surface area (Å²) >= 11 is 0. The molecule has 0 bridgehead atoms. The lowest BCUT2D eigenvalue weighted by Crippen LogP contribution is -2.09. The van der Waals surface area contributed by atoms with Gasteiger partial charge >= 0.3 is 0 Å². The lowest BCUT2D eigenvalue weighted by molar-refractivity contribution is -0.114. The summed E-state index contributed by atoms with van der Waals surface area (Å²) in [6.45, 7) is 4.09. The first-order valence-corrected chi connectivity index (χ1v) is 8.17. The van der Waals surface area contributed by atoms with Crippen LogP contribution in [0, 0.1) is 0 Å². The number of amides is 2. The van der Waals surface area contributed by atoms with E-state index in [9.17, 15) is 9.59 Å². The van der Waals surface area contributed by atoms with E-state index < -0.39 is 0 Å². The Labute approximate surface area is 147 Å². The van der Waals surface area contributed by atoms with Gasteiger partial charge in [-0.05, 0) is 42.3 Å². The minimum Gasteiger partial charge on any atom is -0.491 e. The molecule has 0 saturated carbocycles. The smallest absolute Gasteiger partial charge is 0.248 e. The molecule has 0 saturated heterocycles. The van der Waals surface area contributed by atoms with Crippen molar-refractivity contribution < 1.29 is 14.3 Å². The Morgan fingerprint density at radius 1 is 1.04 bits per heavy atom. The van der Waals surface area contributed by atoms with Crippen LogP contribution in [-0.2, 0) is 9.59 Å². The van der Waals surface area contributed by atoms with Crippen molar-refractivity contribution in [1.29, 1.82) is 0 Å². The number of carbonyl (C=O) groups is 2. The summed E-state index contributed by atoms with van der Waals surface area (Å²) in [5.41, 5.74) is 2.22. The lowest BCUT2D eigenvalue weighted by atomic mass is 10.2. The van der Waals surface area contributed by atoms with Crippen molar-refractivity contribution in [3.8, 4) is 5.75 Å². The van der Waals surface area contributed by atoms with Gasteiger partial charge < -0.3 is 15.4 Å². The van der Waals surface area contributed by atoms with Crippen molar-refractivity contribution in [2.24, 2.45) is 0 Å². The number of para-hydroxylation sites is 2. The molecule has 0 radical (unpaired) electrons. The van der Waals surface area contributed by atoms with Crippen molar-refractivity contribution in [3.05, 3.63) is 60.2 Å². The fraction of sp³-hybridized carbons (Fsp3) is 0.200. The Morgan fingerprint density at radius 2 is 1.76 bits per heavy atom. The average Bonchev–Trinajstić information content (AvgIpc) is 2.60. The molecular weight excluding hydrogens is 316 g/mol. The lowest BCUT2D eigenvalue weighted by Gasteiger charge is -2.10. The first-order chi connectivity index (χ1) is 12.1. The van der Waals surface area contributed by atoms with Crippen molar-refractivity contribution in [3.63, 3.8) is 0 Å². The molecule has 0 heterocycles. The summed E-state index contributed by atoms with van der Waals surface area (Å²) in [7, 11) is 0. The van der Waals surface area contributed by atoms with E-state index in [1.165, 1.54) is 13.0 Å². The van der Waals surface area contributed by atoms with E-state index in [0.29, 0.717) is 18.0 Å². The maximum atomic E-state index is 12.1. The predicted molar refractivity (Wildman–Crippen MR) is 101 cm³/mol. The SMILES string of the molecule is CCCOc1ccccc1NC(=O)/C=C/c1ccc(NC(C)=O)cc1. The predicted octanol–water partition coefficient (Wildman–Crippen LogP) is 4.09. The second-order valence-electron chi connectivity index (χ2n) is 5.47. The normalized spacial score (nSPS) is 10.5. The molecule has 2 amide bonds. The molecule has 0 atom stereocenters. The maximum absolute atomic E-state index is 12.1. The van der Waals surface area contributed by atoms with E-state index in [1.807, 2.05) is 37.3 Å². The molecule has 2 rings (SSSR count). The standard InChI is InChI=1S/C20H22N2O3/c1-3-14-25-19-7-5-4-6-18(19)22-20(24)13-10-16-8-11-17(12-9-16)21-15(2)23/h4-13H,3,14H2,1-2H3,(H,21,23)(H,22,24)/b13-10+. The molecule has 5 heteroatoms. The Kier molecular flexibility index (Phi) is 6.77. The Bertz CT molecular complexity index is 752. The van der Waals surface area contributed by atoms with Crippen molar-refractivity contribution in [2.45, 2.75) is 20.3 Å². The summed E-state index contributed by atoms with van der Waals surface area (Å²) in [6.07, 6.45) is 4.07. The number of anilines is 2. The molecule has 2 N–H and O–H groups in total. The van der Waals surface area contributed by atoms with Gasteiger partial charge in [-0.25, -0.2) is 0 Å². The molecule has 0 aliphatic carbocycles. The van der Waals surface area contributed by atoms with Crippen molar-refractivity contribution in [2.75, 3.05) is 17.2 Å². The fourth-order valence-electron chi connectivity index (χ4n) is 2.13. The van der Waals surface area contributed by atoms with Crippen LogP contribution in [0.25, 0.3) is 6.08 Å². The highest BCUT2D eigenvalue weighted by Crippen LogP contribution is 2.23. The van der Waals surface area contributed by atoms with Crippen molar-refractivity contribution >= 4 is 29.3 Å². The third-order valence-electron chi connectivity index (χ3n) is 3.26. The Hall–Kier alpha value is -3.08. The van der Waals surface area contributed by atoms with Crippen LogP contribution in [0.4, 0.5) is 11.4 Å². The molecule has 2 aromatic carbocycles. The third-order valence-corrected chi connectivity index (χ3v) is 3.26. The van der Waals surface area contributed by atoms with Gasteiger partial charge in [0.05, 0.1) is 12.3 Å². The molecule has 0 fully saturated rings. The van der Waals surface area contributed by atoms with Gasteiger partial charge in [-0.1, -0.05) is 31.2 Å². The summed E-state index contributed by atoms with van der Waals surface area (Å²) in [5, 5.41) is 5.52. The van der Waals surface area contributed by atoms with E-state index in [0.717, 1.165) is 17.7 Å². The zero-order valence-electron chi connectivity index (χ0n) is 14.4. The summed E-state index contributed by atoms with van der Waals surface area (Å²) in [5.74, 6) is 0.302. The van der Waals surface area contributed by atoms with Gasteiger partial charge in [-0.2, -0.15) is 0 Å². The molecular formula is C20H22N2O3. The molecule has 0 unspecified atom stereocenters. The largest absolute Gasteiger partial charge is 0.491 e. The van der Waals surface area contributed by atoms with Gasteiger partial charge in [0.15, 0.2) is 0 Å². The maximum Gasteiger partial charge on any atom is 0.248 e. The van der Waals surface area contributed by atoms with Crippen LogP contribution in [0.1, 0.15) is 25.8 Å². The monoisotopic (exact) mass is 338 g/mol. The second kappa shape index (κ2) is 9.27. The molecule has 0 aliphatic rings. The number of carbonyl (C=O) groups excluding carboxylic acids is 2. The Balaban J connectivity index is 1.98. The summed E-state index contributed by atoms with van der Waals surface area (Å²) < 4.78 is 5.62. The minimum absolute atomic E-state index is 0.119. The first-order valence-electron chi connectivity index (χ1n) is 8.17. The summed E-state index contributed by atoms with van der Waals surface area (Å²) in [6, 6.07) is 14.6. The van der Waals surface area contributed by atoms with Gasteiger partial charge in [-0.15, -0.1) is 0 Å². The molecule has 2 aromatic rings. The molecule has 130 valence electrons. The molecule has 0 aromatic heterocycles. The number of hydrogen-bond acceptors (Lipinski definition) is 3. The molecule has 25 heavy (non-hydrogen) atoms. The third kappa shape index (κ3) is 6.14. The molecule has 0 spiro atoms. The highest BCUT2D eigenvalue weighted by atomic mass is 16.5. The van der Waals surface area contributed by atoms with Crippen LogP contribution < -0.4 is 15.4 Å². The van der Waals surface area contributed by atoms with Crippen LogP contribution in [0.2, 0.25) is 0 Å². The highest BCUT2D eigenvalue weighted by molar-refractivity contribution is 6.02. The second-order valence-corrected chi connectivity index (χ2v) is 5.47. The van der Waals surface area contributed by atoms with Crippen molar-refractivity contribution in [1.82, 2.24) is 0 Å². The van der Waals surface area contributed by atoms with Gasteiger partial charge in [0.1, 0.15) is 5.75 Å². The number of hydrogen-bond donors (Lipinski definition) is 2. The zero-order chi connectivity index (χ0) is 18.1. The Morgan fingerprint density at radius 3 is 2.44 bits per heavy atom. The van der Waals surface area contributed by atoms with E-state index in [4.69, 9.17) is 4.74 Å². The minimum atomic E-state index is -0.238. The van der Waals surface area contributed by atoms with E-state index in [2.05, 4.69) is 10.6 Å². The van der Waals surface area contributed by atoms with Crippen LogP contribution >= 0.6 is 0 Å². The quantitative estimate of drug-likeness (QED) is 0.747. The average molecular weight is 338 g/mol. The molecule has 0 aliphatic heterocycles. The number of ether oxygens (including phenoxy) is 1. The van der Waals surface area contributed by atoms with Gasteiger partial charge in [0.25, 0.3) is 0 Å². The first kappa shape index (κ1) is 18.3. The van der Waals surface area contributed by atoms with Gasteiger partial charge in [0, 0.05) is 18.7 Å². The summed E-state index contributed by atoms with van der Waals surface area (Å²) in [4.78, 5) is 23.1. The van der Waals surface area contributed by atoms with Crippen LogP contribution in [0.15, 0.2) is 54.6 Å². The van der Waals surface area contributed by atoms with E-state index in [-0.39, 0.29) is 11.8 Å². The number of benzene rings is 2. The van der Waals surface area contributed by atoms with Gasteiger partial charge in [-0.3, -0.25) is 9.59 Å². The number of rotatable bonds is 7. The highest BCUT2D eigenvalue weighted by Gasteiger charge is 2.05. The fourth-order valence-corrected chi connectivity index (χ4v) is 2.13. The topological polar surface area (TPSA) is 67.4 Å². The number of nitrogens with one attached hydrogen (secondary N) is 2. The molecule has 5 nitrogen and oxygen atoms in total.